The van der Waals surface area contributed by atoms with Gasteiger partial charge in [-0.2, -0.15) is 0 Å². The molecule has 0 aromatic carbocycles. The Morgan fingerprint density at radius 3 is 2.69 bits per heavy atom. The van der Waals surface area contributed by atoms with Crippen molar-refractivity contribution < 1.29 is 4.42 Å². The molecule has 1 atom stereocenters. The van der Waals surface area contributed by atoms with Crippen molar-refractivity contribution >= 4 is 0 Å². The van der Waals surface area contributed by atoms with Gasteiger partial charge in [0.2, 0.25) is 0 Å². The summed E-state index contributed by atoms with van der Waals surface area (Å²) in [7, 11) is 0. The first kappa shape index (κ1) is 10.3. The second-order valence-corrected chi connectivity index (χ2v) is 3.86. The van der Waals surface area contributed by atoms with Crippen molar-refractivity contribution in [1.82, 2.24) is 5.32 Å². The highest BCUT2D eigenvalue weighted by molar-refractivity contribution is 5.10. The van der Waals surface area contributed by atoms with Crippen molar-refractivity contribution in [1.29, 1.82) is 0 Å². The number of hydrogen-bond acceptors (Lipinski definition) is 2. The summed E-state index contributed by atoms with van der Waals surface area (Å²) in [6.07, 6.45) is 4.74. The Labute approximate surface area is 80.3 Å². The lowest BCUT2D eigenvalue weighted by molar-refractivity contribution is 0.530. The Morgan fingerprint density at radius 2 is 2.15 bits per heavy atom. The van der Waals surface area contributed by atoms with Gasteiger partial charge in [0.15, 0.2) is 0 Å². The molecule has 0 aliphatic heterocycles. The molecule has 0 radical (unpaired) electrons. The summed E-state index contributed by atoms with van der Waals surface area (Å²) >= 11 is 0. The minimum absolute atomic E-state index is 0.580. The van der Waals surface area contributed by atoms with Crippen LogP contribution >= 0.6 is 0 Å². The first-order valence-corrected chi connectivity index (χ1v) is 4.95. The summed E-state index contributed by atoms with van der Waals surface area (Å²) in [5, 5.41) is 3.41. The van der Waals surface area contributed by atoms with Crippen molar-refractivity contribution in [3.05, 3.63) is 24.2 Å². The van der Waals surface area contributed by atoms with Crippen molar-refractivity contribution in [3.63, 3.8) is 0 Å². The Hall–Kier alpha value is -0.760. The smallest absolute Gasteiger partial charge is 0.0937 e. The Morgan fingerprint density at radius 1 is 1.38 bits per heavy atom. The largest absolute Gasteiger partial charge is 0.472 e. The van der Waals surface area contributed by atoms with Crippen LogP contribution in [0.25, 0.3) is 0 Å². The summed E-state index contributed by atoms with van der Waals surface area (Å²) < 4.78 is 5.04. The molecular weight excluding hydrogens is 162 g/mol. The quantitative estimate of drug-likeness (QED) is 0.755. The predicted octanol–water partition coefficient (Wildman–Crippen LogP) is 2.77. The van der Waals surface area contributed by atoms with Crippen molar-refractivity contribution in [2.24, 2.45) is 0 Å². The molecule has 2 heteroatoms. The molecule has 2 nitrogen and oxygen atoms in total. The van der Waals surface area contributed by atoms with E-state index in [1.54, 1.807) is 6.26 Å². The maximum absolute atomic E-state index is 5.04. The summed E-state index contributed by atoms with van der Waals surface area (Å²) in [5.41, 5.74) is 1.30. The Kier molecular flexibility index (Phi) is 4.03. The molecule has 13 heavy (non-hydrogen) atoms. The van der Waals surface area contributed by atoms with E-state index in [4.69, 9.17) is 4.42 Å². The van der Waals surface area contributed by atoms with Gasteiger partial charge in [0, 0.05) is 6.04 Å². The molecule has 0 aliphatic rings. The topological polar surface area (TPSA) is 25.2 Å². The van der Waals surface area contributed by atoms with E-state index in [-0.39, 0.29) is 0 Å². The lowest BCUT2D eigenvalue weighted by Gasteiger charge is -2.11. The van der Waals surface area contributed by atoms with Crippen LogP contribution in [0.5, 0.6) is 0 Å². The van der Waals surface area contributed by atoms with Crippen LogP contribution in [-0.4, -0.2) is 12.6 Å². The maximum Gasteiger partial charge on any atom is 0.0937 e. The molecule has 1 N–H and O–H groups in total. The number of nitrogens with one attached hydrogen (secondary N) is 1. The average Bonchev–Trinajstić information content (AvgIpc) is 2.55. The molecule has 1 aromatic heterocycles. The molecule has 1 rings (SSSR count). The highest BCUT2D eigenvalue weighted by atomic mass is 16.3. The van der Waals surface area contributed by atoms with E-state index in [1.165, 1.54) is 5.56 Å². The van der Waals surface area contributed by atoms with Gasteiger partial charge in [-0.05, 0) is 30.5 Å². The van der Waals surface area contributed by atoms with Crippen LogP contribution in [0.2, 0.25) is 0 Å². The van der Waals surface area contributed by atoms with Crippen LogP contribution in [0.15, 0.2) is 23.0 Å². The third kappa shape index (κ3) is 3.64. The molecule has 0 spiro atoms. The van der Waals surface area contributed by atoms with E-state index in [2.05, 4.69) is 26.1 Å². The lowest BCUT2D eigenvalue weighted by Crippen LogP contribution is -2.24. The van der Waals surface area contributed by atoms with Crippen molar-refractivity contribution in [2.75, 3.05) is 6.54 Å². The van der Waals surface area contributed by atoms with Gasteiger partial charge in [-0.1, -0.05) is 20.8 Å². The minimum Gasteiger partial charge on any atom is -0.472 e. The molecular formula is C11H19NO. The Bertz CT molecular complexity index is 216. The molecule has 0 fully saturated rings. The first-order valence-electron chi connectivity index (χ1n) is 4.95. The lowest BCUT2D eigenvalue weighted by atomic mass is 10.0. The van der Waals surface area contributed by atoms with Gasteiger partial charge in [-0.3, -0.25) is 0 Å². The van der Waals surface area contributed by atoms with Crippen LogP contribution in [0, 0.1) is 0 Å². The molecule has 1 aromatic rings. The molecule has 0 bridgehead atoms. The molecule has 1 unspecified atom stereocenters. The monoisotopic (exact) mass is 181 g/mol. The summed E-state index contributed by atoms with van der Waals surface area (Å²) in [6, 6.07) is 2.62. The fourth-order valence-corrected chi connectivity index (χ4v) is 1.31. The van der Waals surface area contributed by atoms with E-state index in [0.717, 1.165) is 13.0 Å². The molecule has 0 saturated heterocycles. The van der Waals surface area contributed by atoms with E-state index >= 15 is 0 Å². The van der Waals surface area contributed by atoms with Crippen LogP contribution < -0.4 is 5.32 Å². The third-order valence-corrected chi connectivity index (χ3v) is 2.24. The van der Waals surface area contributed by atoms with Crippen molar-refractivity contribution in [3.8, 4) is 0 Å². The van der Waals surface area contributed by atoms with Gasteiger partial charge in [0.1, 0.15) is 0 Å². The van der Waals surface area contributed by atoms with Gasteiger partial charge in [0.05, 0.1) is 12.5 Å². The minimum atomic E-state index is 0.580. The van der Waals surface area contributed by atoms with Gasteiger partial charge in [-0.15, -0.1) is 0 Å². The fraction of sp³-hybridized carbons (Fsp3) is 0.636. The number of furan rings is 1. The molecule has 0 aliphatic carbocycles. The zero-order chi connectivity index (χ0) is 9.68. The average molecular weight is 181 g/mol. The van der Waals surface area contributed by atoms with Crippen LogP contribution in [-0.2, 0) is 0 Å². The van der Waals surface area contributed by atoms with Crippen LogP contribution in [0.1, 0.15) is 38.7 Å². The molecule has 0 amide bonds. The fourth-order valence-electron chi connectivity index (χ4n) is 1.31. The number of hydrogen-bond donors (Lipinski definition) is 1. The first-order chi connectivity index (χ1) is 6.20. The second kappa shape index (κ2) is 5.07. The normalized spacial score (nSPS) is 13.5. The highest BCUT2D eigenvalue weighted by Crippen LogP contribution is 2.18. The second-order valence-electron chi connectivity index (χ2n) is 3.86. The maximum atomic E-state index is 5.04. The van der Waals surface area contributed by atoms with E-state index in [9.17, 15) is 0 Å². The van der Waals surface area contributed by atoms with E-state index in [1.807, 2.05) is 12.3 Å². The number of rotatable bonds is 5. The standard InChI is InChI=1S/C11H19NO/c1-9(2)12-6-4-10(3)11-5-7-13-8-11/h5,7-10,12H,4,6H2,1-3H3. The van der Waals surface area contributed by atoms with Crippen LogP contribution in [0.3, 0.4) is 0 Å². The van der Waals surface area contributed by atoms with Crippen LogP contribution in [0.4, 0.5) is 0 Å². The Balaban J connectivity index is 2.22. The van der Waals surface area contributed by atoms with Gasteiger partial charge in [0.25, 0.3) is 0 Å². The third-order valence-electron chi connectivity index (χ3n) is 2.24. The van der Waals surface area contributed by atoms with Crippen molar-refractivity contribution in [2.45, 2.75) is 39.2 Å². The summed E-state index contributed by atoms with van der Waals surface area (Å²) in [6.45, 7) is 7.64. The van der Waals surface area contributed by atoms with Gasteiger partial charge >= 0.3 is 0 Å². The summed E-state index contributed by atoms with van der Waals surface area (Å²) in [4.78, 5) is 0. The molecule has 0 saturated carbocycles. The van der Waals surface area contributed by atoms with Gasteiger partial charge < -0.3 is 9.73 Å². The molecule has 1 heterocycles. The zero-order valence-corrected chi connectivity index (χ0v) is 8.71. The summed E-state index contributed by atoms with van der Waals surface area (Å²) in [5.74, 6) is 0.588. The van der Waals surface area contributed by atoms with Gasteiger partial charge in [-0.25, -0.2) is 0 Å². The molecule has 74 valence electrons. The predicted molar refractivity (Wildman–Crippen MR) is 54.9 cm³/mol. The highest BCUT2D eigenvalue weighted by Gasteiger charge is 2.05. The zero-order valence-electron chi connectivity index (χ0n) is 8.71. The van der Waals surface area contributed by atoms with E-state index in [0.29, 0.717) is 12.0 Å². The SMILES string of the molecule is CC(C)NCCC(C)c1ccoc1. The van der Waals surface area contributed by atoms with E-state index < -0.39 is 0 Å².